The van der Waals surface area contributed by atoms with E-state index in [-0.39, 0.29) is 16.7 Å². The van der Waals surface area contributed by atoms with Crippen LogP contribution in [-0.4, -0.2) is 4.92 Å². The Bertz CT molecular complexity index is 684. The van der Waals surface area contributed by atoms with Gasteiger partial charge in [0.15, 0.2) is 0 Å². The van der Waals surface area contributed by atoms with Gasteiger partial charge in [0.05, 0.1) is 15.3 Å². The van der Waals surface area contributed by atoms with E-state index in [1.165, 1.54) is 16.5 Å². The van der Waals surface area contributed by atoms with Crippen LogP contribution in [0.15, 0.2) is 24.3 Å². The molecule has 0 bridgehead atoms. The summed E-state index contributed by atoms with van der Waals surface area (Å²) in [4.78, 5) is 11.7. The summed E-state index contributed by atoms with van der Waals surface area (Å²) in [5, 5.41) is 14.2. The number of nitro benzene ring substituents is 1. The monoisotopic (exact) mass is 308 g/mol. The molecule has 104 valence electrons. The van der Waals surface area contributed by atoms with Crippen molar-refractivity contribution in [2.75, 3.05) is 5.32 Å². The van der Waals surface area contributed by atoms with Gasteiger partial charge in [-0.3, -0.25) is 10.1 Å². The standard InChI is InChI=1S/C14H13ClN2O2S/c1-8-6-9(17(18)19)2-3-11(8)16-12-4-5-13-10(12)7-14(15)20-13/h2-3,6-7,12,16H,4-5H2,1H3. The third-order valence-electron chi connectivity index (χ3n) is 3.60. The lowest BCUT2D eigenvalue weighted by molar-refractivity contribution is -0.384. The van der Waals surface area contributed by atoms with Gasteiger partial charge in [0.2, 0.25) is 0 Å². The molecule has 1 aromatic heterocycles. The molecule has 1 aliphatic carbocycles. The van der Waals surface area contributed by atoms with Crippen LogP contribution in [0.5, 0.6) is 0 Å². The highest BCUT2D eigenvalue weighted by Crippen LogP contribution is 2.41. The van der Waals surface area contributed by atoms with E-state index in [1.54, 1.807) is 23.5 Å². The van der Waals surface area contributed by atoms with Crippen molar-refractivity contribution in [2.24, 2.45) is 0 Å². The molecular weight excluding hydrogens is 296 g/mol. The predicted molar refractivity (Wildman–Crippen MR) is 81.8 cm³/mol. The number of nitro groups is 1. The van der Waals surface area contributed by atoms with Gasteiger partial charge in [-0.2, -0.15) is 0 Å². The van der Waals surface area contributed by atoms with Crippen molar-refractivity contribution in [3.8, 4) is 0 Å². The zero-order valence-electron chi connectivity index (χ0n) is 10.9. The second-order valence-corrected chi connectivity index (χ2v) is 6.69. The quantitative estimate of drug-likeness (QED) is 0.659. The highest BCUT2D eigenvalue weighted by Gasteiger charge is 2.25. The third kappa shape index (κ3) is 2.39. The number of rotatable bonds is 3. The molecule has 1 atom stereocenters. The summed E-state index contributed by atoms with van der Waals surface area (Å²) >= 11 is 7.69. The number of benzene rings is 1. The van der Waals surface area contributed by atoms with E-state index in [9.17, 15) is 10.1 Å². The second-order valence-electron chi connectivity index (χ2n) is 4.92. The van der Waals surface area contributed by atoms with E-state index in [0.717, 1.165) is 28.4 Å². The van der Waals surface area contributed by atoms with Crippen molar-refractivity contribution in [3.63, 3.8) is 0 Å². The molecule has 0 amide bonds. The van der Waals surface area contributed by atoms with Crippen LogP contribution in [0.4, 0.5) is 11.4 Å². The van der Waals surface area contributed by atoms with Crippen molar-refractivity contribution in [2.45, 2.75) is 25.8 Å². The molecule has 0 radical (unpaired) electrons. The molecule has 0 fully saturated rings. The molecule has 0 spiro atoms. The summed E-state index contributed by atoms with van der Waals surface area (Å²) in [5.74, 6) is 0. The maximum absolute atomic E-state index is 10.7. The number of halogens is 1. The Morgan fingerprint density at radius 2 is 2.25 bits per heavy atom. The van der Waals surface area contributed by atoms with Gasteiger partial charge < -0.3 is 5.32 Å². The van der Waals surface area contributed by atoms with Crippen LogP contribution in [0.2, 0.25) is 4.34 Å². The Morgan fingerprint density at radius 1 is 1.45 bits per heavy atom. The highest BCUT2D eigenvalue weighted by molar-refractivity contribution is 7.16. The fraction of sp³-hybridized carbons (Fsp3) is 0.286. The van der Waals surface area contributed by atoms with Crippen LogP contribution in [0.3, 0.4) is 0 Å². The van der Waals surface area contributed by atoms with Crippen molar-refractivity contribution in [3.05, 3.63) is 54.7 Å². The minimum absolute atomic E-state index is 0.124. The maximum Gasteiger partial charge on any atom is 0.269 e. The molecule has 0 saturated carbocycles. The first kappa shape index (κ1) is 13.4. The molecule has 6 heteroatoms. The maximum atomic E-state index is 10.7. The Kier molecular flexibility index (Phi) is 3.40. The number of non-ortho nitro benzene ring substituents is 1. The Labute approximate surface area is 125 Å². The third-order valence-corrected chi connectivity index (χ3v) is 4.94. The number of nitrogens with zero attached hydrogens (tertiary/aromatic N) is 1. The predicted octanol–water partition coefficient (Wildman–Crippen LogP) is 4.72. The number of aryl methyl sites for hydroxylation is 2. The minimum atomic E-state index is -0.372. The SMILES string of the molecule is Cc1cc([N+](=O)[O-])ccc1NC1CCc2sc(Cl)cc21. The van der Waals surface area contributed by atoms with E-state index in [1.807, 2.05) is 13.0 Å². The fourth-order valence-electron chi connectivity index (χ4n) is 2.59. The van der Waals surface area contributed by atoms with Crippen LogP contribution in [-0.2, 0) is 6.42 Å². The first-order valence-electron chi connectivity index (χ1n) is 6.34. The lowest BCUT2D eigenvalue weighted by atomic mass is 10.1. The molecule has 0 aliphatic heterocycles. The zero-order valence-corrected chi connectivity index (χ0v) is 12.4. The molecule has 1 N–H and O–H groups in total. The van der Waals surface area contributed by atoms with Crippen LogP contribution < -0.4 is 5.32 Å². The van der Waals surface area contributed by atoms with Crippen LogP contribution >= 0.6 is 22.9 Å². The van der Waals surface area contributed by atoms with Gasteiger partial charge in [-0.05, 0) is 43.0 Å². The summed E-state index contributed by atoms with van der Waals surface area (Å²) < 4.78 is 0.821. The first-order valence-corrected chi connectivity index (χ1v) is 7.53. The molecule has 2 aromatic rings. The molecule has 1 unspecified atom stereocenters. The highest BCUT2D eigenvalue weighted by atomic mass is 35.5. The van der Waals surface area contributed by atoms with Crippen LogP contribution in [0.1, 0.15) is 28.5 Å². The summed E-state index contributed by atoms with van der Waals surface area (Å²) in [6, 6.07) is 7.17. The van der Waals surface area contributed by atoms with Gasteiger partial charge >= 0.3 is 0 Å². The smallest absolute Gasteiger partial charge is 0.269 e. The van der Waals surface area contributed by atoms with Crippen molar-refractivity contribution >= 4 is 34.3 Å². The molecule has 20 heavy (non-hydrogen) atoms. The average molecular weight is 309 g/mol. The number of anilines is 1. The van der Waals surface area contributed by atoms with E-state index < -0.39 is 0 Å². The largest absolute Gasteiger partial charge is 0.378 e. The molecule has 0 saturated heterocycles. The lowest BCUT2D eigenvalue weighted by Crippen LogP contribution is -2.07. The zero-order chi connectivity index (χ0) is 14.3. The van der Waals surface area contributed by atoms with Gasteiger partial charge in [0.25, 0.3) is 5.69 Å². The van der Waals surface area contributed by atoms with Gasteiger partial charge in [-0.25, -0.2) is 0 Å². The summed E-state index contributed by atoms with van der Waals surface area (Å²) in [5.41, 5.74) is 3.21. The Morgan fingerprint density at radius 3 is 2.95 bits per heavy atom. The fourth-order valence-corrected chi connectivity index (χ4v) is 3.95. The number of nitrogens with one attached hydrogen (secondary N) is 1. The van der Waals surface area contributed by atoms with Gasteiger partial charge in [-0.1, -0.05) is 11.6 Å². The molecule has 1 heterocycles. The normalized spacial score (nSPS) is 17.0. The summed E-state index contributed by atoms with van der Waals surface area (Å²) in [6.45, 7) is 1.88. The van der Waals surface area contributed by atoms with Gasteiger partial charge in [-0.15, -0.1) is 11.3 Å². The van der Waals surface area contributed by atoms with Gasteiger partial charge in [0, 0.05) is 22.7 Å². The van der Waals surface area contributed by atoms with E-state index >= 15 is 0 Å². The number of hydrogen-bond acceptors (Lipinski definition) is 4. The number of fused-ring (bicyclic) bond motifs is 1. The van der Waals surface area contributed by atoms with E-state index in [2.05, 4.69) is 5.32 Å². The summed E-state index contributed by atoms with van der Waals surface area (Å²) in [7, 11) is 0. The minimum Gasteiger partial charge on any atom is -0.378 e. The molecular formula is C14H13ClN2O2S. The lowest BCUT2D eigenvalue weighted by Gasteiger charge is -2.16. The first-order chi connectivity index (χ1) is 9.54. The molecule has 3 rings (SSSR count). The van der Waals surface area contributed by atoms with E-state index in [4.69, 9.17) is 11.6 Å². The Balaban J connectivity index is 1.84. The average Bonchev–Trinajstić information content (AvgIpc) is 2.92. The summed E-state index contributed by atoms with van der Waals surface area (Å²) in [6.07, 6.45) is 2.07. The number of thiophene rings is 1. The molecule has 1 aromatic carbocycles. The topological polar surface area (TPSA) is 55.2 Å². The van der Waals surface area contributed by atoms with Crippen molar-refractivity contribution < 1.29 is 4.92 Å². The molecule has 1 aliphatic rings. The van der Waals surface area contributed by atoms with Crippen LogP contribution in [0.25, 0.3) is 0 Å². The molecule has 4 nitrogen and oxygen atoms in total. The number of hydrogen-bond donors (Lipinski definition) is 1. The van der Waals surface area contributed by atoms with Crippen LogP contribution in [0, 0.1) is 17.0 Å². The van der Waals surface area contributed by atoms with Crippen molar-refractivity contribution in [1.29, 1.82) is 0 Å². The Hall–Kier alpha value is -1.59. The van der Waals surface area contributed by atoms with Crippen molar-refractivity contribution in [1.82, 2.24) is 0 Å². The second kappa shape index (κ2) is 5.07. The van der Waals surface area contributed by atoms with Gasteiger partial charge in [0.1, 0.15) is 0 Å². The van der Waals surface area contributed by atoms with E-state index in [0.29, 0.717) is 0 Å².